The zero-order chi connectivity index (χ0) is 21.5. The Morgan fingerprint density at radius 3 is 2.47 bits per heavy atom. The molecule has 30 heavy (non-hydrogen) atoms. The molecular weight excluding hydrogens is 380 g/mol. The first kappa shape index (κ1) is 21.8. The van der Waals surface area contributed by atoms with Gasteiger partial charge in [0.05, 0.1) is 19.3 Å². The van der Waals surface area contributed by atoms with Gasteiger partial charge in [-0.1, -0.05) is 19.9 Å². The summed E-state index contributed by atoms with van der Waals surface area (Å²) in [6.45, 7) is 8.43. The smallest absolute Gasteiger partial charge is 0.324 e. The number of piperazine rings is 1. The fraction of sp³-hybridized carbons (Fsp3) is 0.435. The number of ether oxygens (including phenoxy) is 1. The minimum atomic E-state index is -0.0467. The van der Waals surface area contributed by atoms with Gasteiger partial charge in [0.25, 0.3) is 0 Å². The first-order chi connectivity index (χ1) is 14.5. The second-order valence-corrected chi connectivity index (χ2v) is 7.31. The molecule has 0 N–H and O–H groups in total. The molecule has 2 heterocycles. The Bertz CT molecular complexity index is 861. The lowest BCUT2D eigenvalue weighted by atomic mass is 10.1. The van der Waals surface area contributed by atoms with Crippen LogP contribution in [0.15, 0.2) is 42.6 Å². The van der Waals surface area contributed by atoms with Crippen LogP contribution in [0.4, 0.5) is 10.5 Å². The number of methoxy groups -OCH3 is 1. The number of anilines is 1. The zero-order valence-electron chi connectivity index (χ0n) is 18.0. The summed E-state index contributed by atoms with van der Waals surface area (Å²) < 4.78 is 5.35. The van der Waals surface area contributed by atoms with Crippen molar-refractivity contribution in [2.45, 2.75) is 26.8 Å². The maximum atomic E-state index is 13.4. The van der Waals surface area contributed by atoms with Gasteiger partial charge < -0.3 is 14.5 Å². The number of benzene rings is 1. The molecule has 1 aliphatic heterocycles. The van der Waals surface area contributed by atoms with Crippen LogP contribution in [0.25, 0.3) is 0 Å². The summed E-state index contributed by atoms with van der Waals surface area (Å²) in [7, 11) is 1.61. The Labute approximate surface area is 178 Å². The van der Waals surface area contributed by atoms with Crippen molar-refractivity contribution in [3.05, 3.63) is 53.9 Å². The van der Waals surface area contributed by atoms with Crippen LogP contribution in [0.1, 0.15) is 36.3 Å². The normalized spacial score (nSPS) is 14.4. The average Bonchev–Trinajstić information content (AvgIpc) is 2.82. The molecule has 0 unspecified atom stereocenters. The standard InChI is InChI=1S/C23H30N4O3/c1-4-22(28)18-9-10-19(24-16-18)17-27(20-7-6-8-21(15-20)30-3)23(29)26-13-11-25(5-2)12-14-26/h6-10,15-16H,4-5,11-14,17H2,1-3H3. The highest BCUT2D eigenvalue weighted by molar-refractivity contribution is 5.95. The Hall–Kier alpha value is -2.93. The van der Waals surface area contributed by atoms with E-state index in [2.05, 4.69) is 16.8 Å². The highest BCUT2D eigenvalue weighted by Crippen LogP contribution is 2.24. The predicted molar refractivity (Wildman–Crippen MR) is 117 cm³/mol. The van der Waals surface area contributed by atoms with E-state index in [4.69, 9.17) is 4.74 Å². The van der Waals surface area contributed by atoms with Crippen molar-refractivity contribution in [2.24, 2.45) is 0 Å². The molecule has 1 saturated heterocycles. The monoisotopic (exact) mass is 410 g/mol. The van der Waals surface area contributed by atoms with E-state index < -0.39 is 0 Å². The van der Waals surface area contributed by atoms with Crippen molar-refractivity contribution in [3.63, 3.8) is 0 Å². The molecule has 7 heteroatoms. The van der Waals surface area contributed by atoms with Crippen molar-refractivity contribution in [2.75, 3.05) is 44.7 Å². The van der Waals surface area contributed by atoms with E-state index in [9.17, 15) is 9.59 Å². The molecule has 0 bridgehead atoms. The maximum absolute atomic E-state index is 13.4. The summed E-state index contributed by atoms with van der Waals surface area (Å²) in [6, 6.07) is 11.0. The van der Waals surface area contributed by atoms with Gasteiger partial charge in [0.1, 0.15) is 5.75 Å². The Balaban J connectivity index is 1.84. The number of carbonyl (C=O) groups is 2. The van der Waals surface area contributed by atoms with Gasteiger partial charge in [0.2, 0.25) is 0 Å². The van der Waals surface area contributed by atoms with Crippen LogP contribution >= 0.6 is 0 Å². The molecule has 0 atom stereocenters. The number of nitrogens with zero attached hydrogens (tertiary/aromatic N) is 4. The molecule has 3 rings (SSSR count). The largest absolute Gasteiger partial charge is 0.497 e. The van der Waals surface area contributed by atoms with E-state index in [0.29, 0.717) is 37.4 Å². The molecule has 1 aliphatic rings. The van der Waals surface area contributed by atoms with Gasteiger partial charge in [-0.3, -0.25) is 14.7 Å². The van der Waals surface area contributed by atoms with Gasteiger partial charge in [-0.25, -0.2) is 4.79 Å². The van der Waals surface area contributed by atoms with Crippen LogP contribution in [0.2, 0.25) is 0 Å². The van der Waals surface area contributed by atoms with Gasteiger partial charge in [-0.05, 0) is 30.8 Å². The number of pyridine rings is 1. The van der Waals surface area contributed by atoms with Crippen LogP contribution in [-0.2, 0) is 6.54 Å². The summed E-state index contributed by atoms with van der Waals surface area (Å²) in [5.74, 6) is 0.751. The fourth-order valence-corrected chi connectivity index (χ4v) is 3.52. The van der Waals surface area contributed by atoms with Crippen LogP contribution in [0.3, 0.4) is 0 Å². The minimum absolute atomic E-state index is 0.0467. The van der Waals surface area contributed by atoms with E-state index in [1.54, 1.807) is 24.3 Å². The first-order valence-electron chi connectivity index (χ1n) is 10.5. The van der Waals surface area contributed by atoms with Crippen molar-refractivity contribution < 1.29 is 14.3 Å². The Morgan fingerprint density at radius 2 is 1.87 bits per heavy atom. The van der Waals surface area contributed by atoms with Crippen LogP contribution in [0.5, 0.6) is 5.75 Å². The van der Waals surface area contributed by atoms with E-state index >= 15 is 0 Å². The predicted octanol–water partition coefficient (Wildman–Crippen LogP) is 3.45. The van der Waals surface area contributed by atoms with Crippen LogP contribution in [-0.4, -0.2) is 66.4 Å². The summed E-state index contributed by atoms with van der Waals surface area (Å²) >= 11 is 0. The number of urea groups is 1. The number of aromatic nitrogens is 1. The number of Topliss-reactive ketones (excluding diaryl/α,β-unsaturated/α-hetero) is 1. The van der Waals surface area contributed by atoms with Gasteiger partial charge in [-0.2, -0.15) is 0 Å². The van der Waals surface area contributed by atoms with Crippen molar-refractivity contribution in [1.29, 1.82) is 0 Å². The van der Waals surface area contributed by atoms with Gasteiger partial charge in [0, 0.05) is 56.1 Å². The quantitative estimate of drug-likeness (QED) is 0.654. The number of carbonyl (C=O) groups excluding carboxylic acids is 2. The topological polar surface area (TPSA) is 66.0 Å². The molecule has 0 radical (unpaired) electrons. The Morgan fingerprint density at radius 1 is 1.10 bits per heavy atom. The Kier molecular flexibility index (Phi) is 7.41. The maximum Gasteiger partial charge on any atom is 0.324 e. The van der Waals surface area contributed by atoms with Crippen LogP contribution in [0, 0.1) is 0 Å². The van der Waals surface area contributed by atoms with E-state index in [0.717, 1.165) is 31.0 Å². The number of hydrogen-bond acceptors (Lipinski definition) is 5. The lowest BCUT2D eigenvalue weighted by Crippen LogP contribution is -2.52. The van der Waals surface area contributed by atoms with Crippen molar-refractivity contribution >= 4 is 17.5 Å². The van der Waals surface area contributed by atoms with E-state index in [-0.39, 0.29) is 11.8 Å². The number of amides is 2. The second kappa shape index (κ2) is 10.2. The second-order valence-electron chi connectivity index (χ2n) is 7.31. The number of likely N-dealkylation sites (N-methyl/N-ethyl adjacent to an activating group) is 1. The third-order valence-corrected chi connectivity index (χ3v) is 5.47. The first-order valence-corrected chi connectivity index (χ1v) is 10.5. The summed E-state index contributed by atoms with van der Waals surface area (Å²) in [6.07, 6.45) is 2.04. The SMILES string of the molecule is CCC(=O)c1ccc(CN(C(=O)N2CCN(CC)CC2)c2cccc(OC)c2)nc1. The number of ketones is 1. The molecule has 2 aromatic rings. The fourth-order valence-electron chi connectivity index (χ4n) is 3.52. The zero-order valence-corrected chi connectivity index (χ0v) is 18.0. The van der Waals surface area contributed by atoms with E-state index in [1.807, 2.05) is 42.2 Å². The number of hydrogen-bond donors (Lipinski definition) is 0. The molecule has 0 spiro atoms. The molecule has 1 fully saturated rings. The molecular formula is C23H30N4O3. The van der Waals surface area contributed by atoms with Gasteiger partial charge in [-0.15, -0.1) is 0 Å². The minimum Gasteiger partial charge on any atom is -0.497 e. The van der Waals surface area contributed by atoms with Crippen molar-refractivity contribution in [3.8, 4) is 5.75 Å². The summed E-state index contributed by atoms with van der Waals surface area (Å²) in [4.78, 5) is 35.7. The number of rotatable bonds is 7. The van der Waals surface area contributed by atoms with Crippen molar-refractivity contribution in [1.82, 2.24) is 14.8 Å². The van der Waals surface area contributed by atoms with E-state index in [1.165, 1.54) is 0 Å². The molecule has 0 saturated carbocycles. The van der Waals surface area contributed by atoms with Gasteiger partial charge >= 0.3 is 6.03 Å². The molecule has 1 aromatic carbocycles. The average molecular weight is 411 g/mol. The van der Waals surface area contributed by atoms with Crippen LogP contribution < -0.4 is 9.64 Å². The molecule has 2 amide bonds. The molecule has 160 valence electrons. The third-order valence-electron chi connectivity index (χ3n) is 5.47. The third kappa shape index (κ3) is 5.16. The highest BCUT2D eigenvalue weighted by Gasteiger charge is 2.26. The summed E-state index contributed by atoms with van der Waals surface area (Å²) in [5, 5.41) is 0. The molecule has 1 aromatic heterocycles. The lowest BCUT2D eigenvalue weighted by Gasteiger charge is -2.37. The molecule has 7 nitrogen and oxygen atoms in total. The molecule has 0 aliphatic carbocycles. The highest BCUT2D eigenvalue weighted by atomic mass is 16.5. The van der Waals surface area contributed by atoms with Gasteiger partial charge in [0.15, 0.2) is 5.78 Å². The lowest BCUT2D eigenvalue weighted by molar-refractivity contribution is 0.0987. The summed E-state index contributed by atoms with van der Waals surface area (Å²) in [5.41, 5.74) is 2.08.